The number of hydrogen-bond donors (Lipinski definition) is 1. The van der Waals surface area contributed by atoms with Crippen molar-refractivity contribution < 1.29 is 13.2 Å². The lowest BCUT2D eigenvalue weighted by Gasteiger charge is -2.07. The van der Waals surface area contributed by atoms with Gasteiger partial charge in [-0.3, -0.25) is 0 Å². The van der Waals surface area contributed by atoms with Crippen LogP contribution in [0.15, 0.2) is 4.73 Å². The third kappa shape index (κ3) is 3.52. The van der Waals surface area contributed by atoms with E-state index >= 15 is 0 Å². The van der Waals surface area contributed by atoms with E-state index in [4.69, 9.17) is 0 Å². The third-order valence-electron chi connectivity index (χ3n) is 1.43. The Bertz CT molecular complexity index is 309. The predicted octanol–water partition coefficient (Wildman–Crippen LogP) is 1.94. The minimum absolute atomic E-state index is 0.206. The number of aromatic nitrogens is 3. The lowest BCUT2D eigenvalue weighted by atomic mass is 10.4. The number of halogens is 4. The Balaban J connectivity index is 2.42. The minimum Gasteiger partial charge on any atom is -0.354 e. The zero-order valence-corrected chi connectivity index (χ0v) is 8.85. The second-order valence-corrected chi connectivity index (χ2v) is 3.33. The van der Waals surface area contributed by atoms with E-state index in [1.807, 2.05) is 0 Å². The highest BCUT2D eigenvalue weighted by Crippen LogP contribution is 2.19. The van der Waals surface area contributed by atoms with Crippen molar-refractivity contribution in [3.05, 3.63) is 4.73 Å². The molecule has 80 valence electrons. The molecule has 0 fully saturated rings. The molecule has 14 heavy (non-hydrogen) atoms. The summed E-state index contributed by atoms with van der Waals surface area (Å²) in [4.78, 5) is 3.82. The number of rotatable bonds is 3. The Morgan fingerprint density at radius 3 is 2.57 bits per heavy atom. The van der Waals surface area contributed by atoms with E-state index in [9.17, 15) is 13.2 Å². The summed E-state index contributed by atoms with van der Waals surface area (Å²) in [6, 6.07) is 0. The molecule has 4 nitrogen and oxygen atoms in total. The number of alkyl halides is 3. The van der Waals surface area contributed by atoms with Crippen LogP contribution in [0.2, 0.25) is 0 Å². The molecule has 0 amide bonds. The standard InChI is InChI=1S/C6H8BrF3N4/c1-14-5(12-4(7)13-14)11-3-2-6(8,9)10/h2-3H2,1H3,(H,11,12,13). The topological polar surface area (TPSA) is 42.7 Å². The summed E-state index contributed by atoms with van der Waals surface area (Å²) >= 11 is 3.01. The van der Waals surface area contributed by atoms with Crippen LogP contribution in [0, 0.1) is 0 Å². The summed E-state index contributed by atoms with van der Waals surface area (Å²) in [5.41, 5.74) is 0. The predicted molar refractivity (Wildman–Crippen MR) is 47.9 cm³/mol. The van der Waals surface area contributed by atoms with Gasteiger partial charge < -0.3 is 5.32 Å². The highest BCUT2D eigenvalue weighted by atomic mass is 79.9. The summed E-state index contributed by atoms with van der Waals surface area (Å²) in [5.74, 6) is 0.307. The van der Waals surface area contributed by atoms with Crippen molar-refractivity contribution in [1.82, 2.24) is 14.8 Å². The van der Waals surface area contributed by atoms with Gasteiger partial charge >= 0.3 is 6.18 Å². The maximum atomic E-state index is 11.8. The van der Waals surface area contributed by atoms with E-state index < -0.39 is 12.6 Å². The Morgan fingerprint density at radius 2 is 2.14 bits per heavy atom. The van der Waals surface area contributed by atoms with Crippen LogP contribution >= 0.6 is 15.9 Å². The average molecular weight is 273 g/mol. The van der Waals surface area contributed by atoms with Crippen molar-refractivity contribution >= 4 is 21.9 Å². The Labute approximate surface area is 86.6 Å². The van der Waals surface area contributed by atoms with Crippen molar-refractivity contribution in [2.24, 2.45) is 7.05 Å². The van der Waals surface area contributed by atoms with Crippen LogP contribution in [-0.4, -0.2) is 27.5 Å². The minimum atomic E-state index is -4.15. The molecule has 0 aliphatic carbocycles. The molecule has 0 aliphatic rings. The molecule has 0 aliphatic heterocycles. The maximum Gasteiger partial charge on any atom is 0.390 e. The molecule has 1 N–H and O–H groups in total. The quantitative estimate of drug-likeness (QED) is 0.915. The lowest BCUT2D eigenvalue weighted by Crippen LogP contribution is -2.16. The van der Waals surface area contributed by atoms with Crippen LogP contribution in [0.4, 0.5) is 19.1 Å². The zero-order chi connectivity index (χ0) is 10.8. The van der Waals surface area contributed by atoms with Crippen LogP contribution in [0.3, 0.4) is 0 Å². The largest absolute Gasteiger partial charge is 0.390 e. The molecule has 0 saturated carbocycles. The van der Waals surface area contributed by atoms with Crippen LogP contribution in [0.25, 0.3) is 0 Å². The lowest BCUT2D eigenvalue weighted by molar-refractivity contribution is -0.131. The zero-order valence-electron chi connectivity index (χ0n) is 7.27. The third-order valence-corrected chi connectivity index (χ3v) is 1.76. The molecule has 0 aromatic carbocycles. The molecule has 0 radical (unpaired) electrons. The number of nitrogens with one attached hydrogen (secondary N) is 1. The van der Waals surface area contributed by atoms with Crippen LogP contribution in [-0.2, 0) is 7.05 Å². The normalized spacial score (nSPS) is 11.8. The number of anilines is 1. The van der Waals surface area contributed by atoms with Gasteiger partial charge in [-0.1, -0.05) is 0 Å². The van der Waals surface area contributed by atoms with Gasteiger partial charge in [0, 0.05) is 13.6 Å². The first-order valence-corrected chi connectivity index (χ1v) is 4.55. The van der Waals surface area contributed by atoms with E-state index in [1.54, 1.807) is 7.05 Å². The van der Waals surface area contributed by atoms with Crippen molar-refractivity contribution in [2.75, 3.05) is 11.9 Å². The average Bonchev–Trinajstić information content (AvgIpc) is 2.27. The van der Waals surface area contributed by atoms with Gasteiger partial charge in [-0.05, 0) is 15.9 Å². The molecule has 0 spiro atoms. The van der Waals surface area contributed by atoms with Crippen molar-refractivity contribution in [2.45, 2.75) is 12.6 Å². The Morgan fingerprint density at radius 1 is 1.50 bits per heavy atom. The molecular formula is C6H8BrF3N4. The number of nitrogens with zero attached hydrogens (tertiary/aromatic N) is 3. The summed E-state index contributed by atoms with van der Waals surface area (Å²) in [5, 5.41) is 6.33. The summed E-state index contributed by atoms with van der Waals surface area (Å²) in [7, 11) is 1.59. The van der Waals surface area contributed by atoms with E-state index in [2.05, 4.69) is 31.3 Å². The molecule has 1 rings (SSSR count). The first kappa shape index (κ1) is 11.3. The van der Waals surface area contributed by atoms with Crippen molar-refractivity contribution in [3.63, 3.8) is 0 Å². The molecular weight excluding hydrogens is 265 g/mol. The molecule has 0 bridgehead atoms. The molecule has 1 aromatic rings. The summed E-state index contributed by atoms with van der Waals surface area (Å²) < 4.78 is 37.0. The second-order valence-electron chi connectivity index (χ2n) is 2.62. The van der Waals surface area contributed by atoms with Crippen LogP contribution < -0.4 is 5.32 Å². The smallest absolute Gasteiger partial charge is 0.354 e. The molecule has 0 unspecified atom stereocenters. The van der Waals surface area contributed by atoms with Gasteiger partial charge in [0.15, 0.2) is 0 Å². The van der Waals surface area contributed by atoms with Gasteiger partial charge in [0.25, 0.3) is 0 Å². The van der Waals surface area contributed by atoms with Crippen LogP contribution in [0.5, 0.6) is 0 Å². The van der Waals surface area contributed by atoms with Gasteiger partial charge in [-0.25, -0.2) is 4.68 Å². The Hall–Kier alpha value is -0.790. The first-order chi connectivity index (χ1) is 6.38. The molecule has 0 atom stereocenters. The van der Waals surface area contributed by atoms with Crippen LogP contribution in [0.1, 0.15) is 6.42 Å². The molecule has 1 heterocycles. The van der Waals surface area contributed by atoms with Crippen molar-refractivity contribution in [1.29, 1.82) is 0 Å². The van der Waals surface area contributed by atoms with Gasteiger partial charge in [-0.2, -0.15) is 18.2 Å². The SMILES string of the molecule is Cn1nc(Br)nc1NCCC(F)(F)F. The number of aryl methyl sites for hydroxylation is 1. The number of hydrogen-bond acceptors (Lipinski definition) is 3. The van der Waals surface area contributed by atoms with Gasteiger partial charge in [0.1, 0.15) is 0 Å². The fourth-order valence-electron chi connectivity index (χ4n) is 0.823. The van der Waals surface area contributed by atoms with Gasteiger partial charge in [-0.15, -0.1) is 5.10 Å². The van der Waals surface area contributed by atoms with E-state index in [0.29, 0.717) is 10.7 Å². The molecule has 8 heteroatoms. The van der Waals surface area contributed by atoms with Gasteiger partial charge in [0.2, 0.25) is 10.7 Å². The molecule has 1 aromatic heterocycles. The summed E-state index contributed by atoms with van der Waals surface area (Å²) in [6.45, 7) is -0.206. The molecule has 0 saturated heterocycles. The fourth-order valence-corrected chi connectivity index (χ4v) is 1.23. The van der Waals surface area contributed by atoms with E-state index in [1.165, 1.54) is 4.68 Å². The maximum absolute atomic E-state index is 11.8. The second kappa shape index (κ2) is 4.16. The van der Waals surface area contributed by atoms with Gasteiger partial charge in [0.05, 0.1) is 6.42 Å². The first-order valence-electron chi connectivity index (χ1n) is 3.75. The van der Waals surface area contributed by atoms with Crippen molar-refractivity contribution in [3.8, 4) is 0 Å². The fraction of sp³-hybridized carbons (Fsp3) is 0.667. The summed E-state index contributed by atoms with van der Waals surface area (Å²) in [6.07, 6.45) is -5.04. The van der Waals surface area contributed by atoms with E-state index in [-0.39, 0.29) is 6.54 Å². The monoisotopic (exact) mass is 272 g/mol. The Kier molecular flexibility index (Phi) is 3.35. The highest BCUT2D eigenvalue weighted by molar-refractivity contribution is 9.10. The highest BCUT2D eigenvalue weighted by Gasteiger charge is 2.26. The van der Waals surface area contributed by atoms with E-state index in [0.717, 1.165) is 0 Å².